The molecule has 3 aromatic rings. The second kappa shape index (κ2) is 9.53. The zero-order valence-corrected chi connectivity index (χ0v) is 17.5. The molecule has 0 spiro atoms. The zero-order valence-electron chi connectivity index (χ0n) is 15.2. The van der Waals surface area contributed by atoms with Crippen LogP contribution in [0.5, 0.6) is 5.75 Å². The molecule has 142 valence electrons. The van der Waals surface area contributed by atoms with Gasteiger partial charge in [-0.2, -0.15) is 5.10 Å². The Morgan fingerprint density at radius 2 is 1.89 bits per heavy atom. The molecule has 1 N–H and O–H groups in total. The molecule has 0 aliphatic heterocycles. The van der Waals surface area contributed by atoms with E-state index >= 15 is 0 Å². The number of hydrazone groups is 1. The third-order valence-electron chi connectivity index (χ3n) is 3.97. The van der Waals surface area contributed by atoms with E-state index in [0.717, 1.165) is 21.2 Å². The van der Waals surface area contributed by atoms with Crippen LogP contribution in [-0.4, -0.2) is 12.1 Å². The number of carbonyl (C=O) groups is 1. The van der Waals surface area contributed by atoms with Gasteiger partial charge in [0.15, 0.2) is 0 Å². The molecule has 0 unspecified atom stereocenters. The smallest absolute Gasteiger partial charge is 0.272 e. The molecule has 0 aliphatic carbocycles. The van der Waals surface area contributed by atoms with Crippen LogP contribution >= 0.6 is 27.5 Å². The lowest BCUT2D eigenvalue weighted by Gasteiger charge is -2.09. The fourth-order valence-electron chi connectivity index (χ4n) is 2.49. The number of aryl methyl sites for hydroxylation is 1. The van der Waals surface area contributed by atoms with Crippen LogP contribution in [-0.2, 0) is 6.61 Å². The molecule has 0 fully saturated rings. The number of amides is 1. The maximum absolute atomic E-state index is 12.2. The van der Waals surface area contributed by atoms with Gasteiger partial charge < -0.3 is 4.74 Å². The van der Waals surface area contributed by atoms with Gasteiger partial charge in [0.05, 0.1) is 16.8 Å². The monoisotopic (exact) mass is 456 g/mol. The molecule has 28 heavy (non-hydrogen) atoms. The minimum atomic E-state index is -0.366. The lowest BCUT2D eigenvalue weighted by molar-refractivity contribution is 0.0955. The number of para-hydroxylation sites is 1. The highest BCUT2D eigenvalue weighted by Crippen LogP contribution is 2.19. The van der Waals surface area contributed by atoms with Crippen LogP contribution in [0.2, 0.25) is 5.02 Å². The molecule has 0 saturated heterocycles. The summed E-state index contributed by atoms with van der Waals surface area (Å²) in [6, 6.07) is 20.7. The molecule has 0 saturated carbocycles. The highest BCUT2D eigenvalue weighted by molar-refractivity contribution is 9.10. The molecular formula is C22H18BrClN2O2. The van der Waals surface area contributed by atoms with Crippen LogP contribution in [0.4, 0.5) is 0 Å². The third kappa shape index (κ3) is 5.44. The maximum Gasteiger partial charge on any atom is 0.272 e. The summed E-state index contributed by atoms with van der Waals surface area (Å²) in [7, 11) is 0. The summed E-state index contributed by atoms with van der Waals surface area (Å²) in [6.45, 7) is 2.35. The number of hydrogen-bond donors (Lipinski definition) is 1. The van der Waals surface area contributed by atoms with E-state index in [0.29, 0.717) is 22.9 Å². The average Bonchev–Trinajstić information content (AvgIpc) is 2.68. The standard InChI is InChI=1S/C22H18BrClN2O2/c1-15-6-11-19(20(24)12-15)22(27)26-25-13-17-4-2-3-5-21(17)28-14-16-7-9-18(23)10-8-16/h2-13H,14H2,1H3,(H,26,27)/b25-13-. The van der Waals surface area contributed by atoms with Gasteiger partial charge in [-0.1, -0.05) is 57.9 Å². The van der Waals surface area contributed by atoms with Crippen LogP contribution in [0.1, 0.15) is 27.0 Å². The van der Waals surface area contributed by atoms with Gasteiger partial charge in [0.2, 0.25) is 0 Å². The topological polar surface area (TPSA) is 50.7 Å². The molecule has 1 amide bonds. The number of halogens is 2. The van der Waals surface area contributed by atoms with Crippen LogP contribution in [0.25, 0.3) is 0 Å². The highest BCUT2D eigenvalue weighted by Gasteiger charge is 2.09. The second-order valence-electron chi connectivity index (χ2n) is 6.14. The SMILES string of the molecule is Cc1ccc(C(=O)N/N=C\c2ccccc2OCc2ccc(Br)cc2)c(Cl)c1. The Kier molecular flexibility index (Phi) is 6.85. The quantitative estimate of drug-likeness (QED) is 0.378. The van der Waals surface area contributed by atoms with E-state index in [1.54, 1.807) is 18.3 Å². The van der Waals surface area contributed by atoms with Crippen molar-refractivity contribution in [1.29, 1.82) is 0 Å². The van der Waals surface area contributed by atoms with E-state index in [1.807, 2.05) is 61.5 Å². The van der Waals surface area contributed by atoms with Gasteiger partial charge in [-0.05, 0) is 54.4 Å². The molecule has 6 heteroatoms. The third-order valence-corrected chi connectivity index (χ3v) is 4.81. The summed E-state index contributed by atoms with van der Waals surface area (Å²) in [6.07, 6.45) is 1.55. The molecule has 0 aromatic heterocycles. The van der Waals surface area contributed by atoms with Crippen molar-refractivity contribution in [3.8, 4) is 5.75 Å². The first-order chi connectivity index (χ1) is 13.5. The first kappa shape index (κ1) is 20.1. The number of rotatable bonds is 6. The summed E-state index contributed by atoms with van der Waals surface area (Å²) in [4.78, 5) is 12.2. The molecule has 0 heterocycles. The number of ether oxygens (including phenoxy) is 1. The molecule has 0 aliphatic rings. The van der Waals surface area contributed by atoms with Gasteiger partial charge in [-0.25, -0.2) is 5.43 Å². The molecule has 4 nitrogen and oxygen atoms in total. The van der Waals surface area contributed by atoms with E-state index in [9.17, 15) is 4.79 Å². The largest absolute Gasteiger partial charge is 0.488 e. The summed E-state index contributed by atoms with van der Waals surface area (Å²) in [5, 5.41) is 4.43. The average molecular weight is 458 g/mol. The first-order valence-corrected chi connectivity index (χ1v) is 9.76. The fraction of sp³-hybridized carbons (Fsp3) is 0.0909. The lowest BCUT2D eigenvalue weighted by Crippen LogP contribution is -2.18. The minimum Gasteiger partial charge on any atom is -0.488 e. The summed E-state index contributed by atoms with van der Waals surface area (Å²) < 4.78 is 6.92. The van der Waals surface area contributed by atoms with Gasteiger partial charge in [-0.3, -0.25) is 4.79 Å². The van der Waals surface area contributed by atoms with Crippen molar-refractivity contribution in [2.75, 3.05) is 0 Å². The fourth-order valence-corrected chi connectivity index (χ4v) is 3.07. The van der Waals surface area contributed by atoms with Crippen molar-refractivity contribution in [3.63, 3.8) is 0 Å². The highest BCUT2D eigenvalue weighted by atomic mass is 79.9. The second-order valence-corrected chi connectivity index (χ2v) is 7.46. The van der Waals surface area contributed by atoms with Crippen LogP contribution in [0.15, 0.2) is 76.3 Å². The molecule has 3 aromatic carbocycles. The predicted molar refractivity (Wildman–Crippen MR) is 116 cm³/mol. The van der Waals surface area contributed by atoms with Gasteiger partial charge in [0.1, 0.15) is 12.4 Å². The minimum absolute atomic E-state index is 0.366. The van der Waals surface area contributed by atoms with Crippen molar-refractivity contribution in [2.45, 2.75) is 13.5 Å². The predicted octanol–water partition coefficient (Wildman–Crippen LogP) is 5.75. The maximum atomic E-state index is 12.2. The first-order valence-electron chi connectivity index (χ1n) is 8.59. The van der Waals surface area contributed by atoms with E-state index < -0.39 is 0 Å². The summed E-state index contributed by atoms with van der Waals surface area (Å²) >= 11 is 9.54. The zero-order chi connectivity index (χ0) is 19.9. The van der Waals surface area contributed by atoms with E-state index in [1.165, 1.54) is 0 Å². The van der Waals surface area contributed by atoms with Crippen LogP contribution in [0.3, 0.4) is 0 Å². The van der Waals surface area contributed by atoms with Crippen molar-refractivity contribution in [2.24, 2.45) is 5.10 Å². The van der Waals surface area contributed by atoms with Gasteiger partial charge in [0, 0.05) is 10.0 Å². The number of nitrogens with zero attached hydrogens (tertiary/aromatic N) is 1. The van der Waals surface area contributed by atoms with Crippen molar-refractivity contribution < 1.29 is 9.53 Å². The van der Waals surface area contributed by atoms with Crippen molar-refractivity contribution in [1.82, 2.24) is 5.43 Å². The van der Waals surface area contributed by atoms with Crippen LogP contribution < -0.4 is 10.2 Å². The van der Waals surface area contributed by atoms with Gasteiger partial charge in [-0.15, -0.1) is 0 Å². The van der Waals surface area contributed by atoms with Gasteiger partial charge in [0.25, 0.3) is 5.91 Å². The summed E-state index contributed by atoms with van der Waals surface area (Å²) in [5.74, 6) is 0.311. The van der Waals surface area contributed by atoms with Crippen molar-refractivity contribution >= 4 is 39.7 Å². The van der Waals surface area contributed by atoms with E-state index in [2.05, 4.69) is 26.5 Å². The molecule has 0 radical (unpaired) electrons. The number of benzene rings is 3. The number of nitrogens with one attached hydrogen (secondary N) is 1. The molecular weight excluding hydrogens is 440 g/mol. The Labute approximate surface area is 177 Å². The van der Waals surface area contributed by atoms with Crippen LogP contribution in [0, 0.1) is 6.92 Å². The molecule has 0 atom stereocenters. The van der Waals surface area contributed by atoms with E-state index in [-0.39, 0.29) is 5.91 Å². The van der Waals surface area contributed by atoms with E-state index in [4.69, 9.17) is 16.3 Å². The number of hydrogen-bond acceptors (Lipinski definition) is 3. The lowest BCUT2D eigenvalue weighted by atomic mass is 10.1. The Hall–Kier alpha value is -2.63. The summed E-state index contributed by atoms with van der Waals surface area (Å²) in [5.41, 5.74) is 5.68. The Balaban J connectivity index is 1.65. The normalized spacial score (nSPS) is 10.8. The Morgan fingerprint density at radius 3 is 2.64 bits per heavy atom. The Bertz CT molecular complexity index is 1000. The van der Waals surface area contributed by atoms with Crippen molar-refractivity contribution in [3.05, 3.63) is 98.5 Å². The molecule has 0 bridgehead atoms. The Morgan fingerprint density at radius 1 is 1.14 bits per heavy atom. The van der Waals surface area contributed by atoms with Gasteiger partial charge >= 0.3 is 0 Å². The molecule has 3 rings (SSSR count). The number of carbonyl (C=O) groups excluding carboxylic acids is 1.